The largest absolute Gasteiger partial charge is 0.496 e. The number of rotatable bonds is 5. The lowest BCUT2D eigenvalue weighted by molar-refractivity contribution is -0.123. The third-order valence-electron chi connectivity index (χ3n) is 3.43. The van der Waals surface area contributed by atoms with Gasteiger partial charge in [0.15, 0.2) is 0 Å². The quantitative estimate of drug-likeness (QED) is 0.827. The molecule has 4 heteroatoms. The minimum Gasteiger partial charge on any atom is -0.496 e. The Bertz CT molecular complexity index is 453. The number of ether oxygens (including phenoxy) is 1. The molecule has 1 aromatic rings. The van der Waals surface area contributed by atoms with Crippen molar-refractivity contribution in [3.8, 4) is 5.75 Å². The summed E-state index contributed by atoms with van der Waals surface area (Å²) in [6.07, 6.45) is 2.53. The van der Waals surface area contributed by atoms with Crippen molar-refractivity contribution in [3.63, 3.8) is 0 Å². The zero-order valence-electron chi connectivity index (χ0n) is 11.0. The van der Waals surface area contributed by atoms with Crippen molar-refractivity contribution in [1.82, 2.24) is 5.32 Å². The number of hydrogen-bond acceptors (Lipinski definition) is 3. The van der Waals surface area contributed by atoms with Crippen LogP contribution in [-0.4, -0.2) is 18.6 Å². The number of amides is 1. The summed E-state index contributed by atoms with van der Waals surface area (Å²) in [5, 5.41) is 2.88. The molecular weight excluding hydrogens is 228 g/mol. The van der Waals surface area contributed by atoms with E-state index in [1.165, 1.54) is 5.56 Å². The normalized spacial score (nSPS) is 16.2. The average molecular weight is 248 g/mol. The van der Waals surface area contributed by atoms with Crippen molar-refractivity contribution < 1.29 is 9.53 Å². The molecule has 0 atom stereocenters. The first-order chi connectivity index (χ1) is 8.59. The van der Waals surface area contributed by atoms with Gasteiger partial charge in [-0.3, -0.25) is 4.79 Å². The number of carbonyl (C=O) groups is 1. The summed E-state index contributed by atoms with van der Waals surface area (Å²) < 4.78 is 5.30. The molecule has 0 aliphatic heterocycles. The topological polar surface area (TPSA) is 64.3 Å². The second-order valence-electron chi connectivity index (χ2n) is 4.84. The fourth-order valence-corrected chi connectivity index (χ4v) is 1.90. The van der Waals surface area contributed by atoms with Crippen molar-refractivity contribution in [3.05, 3.63) is 29.3 Å². The summed E-state index contributed by atoms with van der Waals surface area (Å²) in [7, 11) is 1.64. The van der Waals surface area contributed by atoms with Crippen LogP contribution in [0.4, 0.5) is 0 Å². The Balaban J connectivity index is 2.05. The van der Waals surface area contributed by atoms with Gasteiger partial charge in [0.2, 0.25) is 5.91 Å². The SMILES string of the molecule is CCc1ccc(OC)c(CNC(=O)C2(N)CC2)c1. The molecule has 18 heavy (non-hydrogen) atoms. The first-order valence-corrected chi connectivity index (χ1v) is 6.32. The van der Waals surface area contributed by atoms with Gasteiger partial charge in [0.25, 0.3) is 0 Å². The highest BCUT2D eigenvalue weighted by atomic mass is 16.5. The Morgan fingerprint density at radius 3 is 2.78 bits per heavy atom. The standard InChI is InChI=1S/C14H20N2O2/c1-3-10-4-5-12(18-2)11(8-10)9-16-13(17)14(15)6-7-14/h4-5,8H,3,6-7,9,15H2,1-2H3,(H,16,17). The maximum absolute atomic E-state index is 11.8. The summed E-state index contributed by atoms with van der Waals surface area (Å²) in [6, 6.07) is 6.04. The number of methoxy groups -OCH3 is 1. The fourth-order valence-electron chi connectivity index (χ4n) is 1.90. The van der Waals surface area contributed by atoms with E-state index in [9.17, 15) is 4.79 Å². The molecule has 1 aromatic carbocycles. The predicted molar refractivity (Wildman–Crippen MR) is 70.4 cm³/mol. The third kappa shape index (κ3) is 2.64. The second kappa shape index (κ2) is 4.98. The van der Waals surface area contributed by atoms with Gasteiger partial charge < -0.3 is 15.8 Å². The third-order valence-corrected chi connectivity index (χ3v) is 3.43. The van der Waals surface area contributed by atoms with Gasteiger partial charge in [0.1, 0.15) is 5.75 Å². The van der Waals surface area contributed by atoms with Crippen LogP contribution < -0.4 is 15.8 Å². The highest BCUT2D eigenvalue weighted by Crippen LogP contribution is 2.32. The summed E-state index contributed by atoms with van der Waals surface area (Å²) in [5.74, 6) is 0.737. The Morgan fingerprint density at radius 1 is 1.50 bits per heavy atom. The molecule has 0 saturated heterocycles. The molecule has 4 nitrogen and oxygen atoms in total. The number of nitrogens with one attached hydrogen (secondary N) is 1. The van der Waals surface area contributed by atoms with Crippen LogP contribution in [0.25, 0.3) is 0 Å². The number of carbonyl (C=O) groups excluding carboxylic acids is 1. The number of nitrogens with two attached hydrogens (primary N) is 1. The Hall–Kier alpha value is -1.55. The molecule has 1 fully saturated rings. The maximum Gasteiger partial charge on any atom is 0.240 e. The molecule has 0 spiro atoms. The van der Waals surface area contributed by atoms with Gasteiger partial charge >= 0.3 is 0 Å². The van der Waals surface area contributed by atoms with E-state index in [0.717, 1.165) is 30.6 Å². The van der Waals surface area contributed by atoms with E-state index in [-0.39, 0.29) is 5.91 Å². The van der Waals surface area contributed by atoms with Crippen molar-refractivity contribution in [1.29, 1.82) is 0 Å². The lowest BCUT2D eigenvalue weighted by Crippen LogP contribution is -2.42. The Labute approximate surface area is 108 Å². The minimum absolute atomic E-state index is 0.0635. The average Bonchev–Trinajstić information content (AvgIpc) is 3.14. The minimum atomic E-state index is -0.615. The molecule has 1 aliphatic rings. The van der Waals surface area contributed by atoms with Crippen molar-refractivity contribution in [2.24, 2.45) is 5.73 Å². The molecule has 1 aliphatic carbocycles. The summed E-state index contributed by atoms with van der Waals surface area (Å²) in [5.41, 5.74) is 7.45. The predicted octanol–water partition coefficient (Wildman–Crippen LogP) is 1.37. The molecule has 0 unspecified atom stereocenters. The molecule has 0 bridgehead atoms. The molecule has 1 amide bonds. The number of hydrogen-bond donors (Lipinski definition) is 2. The highest BCUT2D eigenvalue weighted by molar-refractivity contribution is 5.88. The monoisotopic (exact) mass is 248 g/mol. The molecule has 1 saturated carbocycles. The smallest absolute Gasteiger partial charge is 0.240 e. The fraction of sp³-hybridized carbons (Fsp3) is 0.500. The zero-order valence-corrected chi connectivity index (χ0v) is 11.0. The van der Waals surface area contributed by atoms with Crippen LogP contribution in [0.15, 0.2) is 18.2 Å². The molecule has 98 valence electrons. The van der Waals surface area contributed by atoms with Crippen molar-refractivity contribution in [2.75, 3.05) is 7.11 Å². The second-order valence-corrected chi connectivity index (χ2v) is 4.84. The van der Waals surface area contributed by atoms with Gasteiger partial charge in [-0.1, -0.05) is 19.1 Å². The molecule has 0 heterocycles. The molecule has 0 aromatic heterocycles. The maximum atomic E-state index is 11.8. The Kier molecular flexibility index (Phi) is 3.57. The van der Waals surface area contributed by atoms with Gasteiger partial charge in [-0.2, -0.15) is 0 Å². The molecule has 3 N–H and O–H groups in total. The van der Waals surface area contributed by atoms with E-state index < -0.39 is 5.54 Å². The van der Waals surface area contributed by atoms with Crippen LogP contribution >= 0.6 is 0 Å². The van der Waals surface area contributed by atoms with Gasteiger partial charge in [0.05, 0.1) is 12.6 Å². The van der Waals surface area contributed by atoms with Crippen LogP contribution in [0.5, 0.6) is 5.75 Å². The van der Waals surface area contributed by atoms with E-state index in [1.54, 1.807) is 7.11 Å². The van der Waals surface area contributed by atoms with E-state index in [4.69, 9.17) is 10.5 Å². The zero-order chi connectivity index (χ0) is 13.2. The number of benzene rings is 1. The van der Waals surface area contributed by atoms with E-state index in [2.05, 4.69) is 18.3 Å². The molecule has 2 rings (SSSR count). The first kappa shape index (κ1) is 12.9. The lowest BCUT2D eigenvalue weighted by Gasteiger charge is -2.13. The summed E-state index contributed by atoms with van der Waals surface area (Å²) in [4.78, 5) is 11.8. The van der Waals surface area contributed by atoms with E-state index in [0.29, 0.717) is 6.54 Å². The molecule has 0 radical (unpaired) electrons. The van der Waals surface area contributed by atoms with Gasteiger partial charge in [-0.15, -0.1) is 0 Å². The van der Waals surface area contributed by atoms with Crippen molar-refractivity contribution >= 4 is 5.91 Å². The first-order valence-electron chi connectivity index (χ1n) is 6.32. The van der Waals surface area contributed by atoms with Crippen LogP contribution in [0.2, 0.25) is 0 Å². The summed E-state index contributed by atoms with van der Waals surface area (Å²) in [6.45, 7) is 2.57. The lowest BCUT2D eigenvalue weighted by atomic mass is 10.1. The Morgan fingerprint density at radius 2 is 2.22 bits per heavy atom. The van der Waals surface area contributed by atoms with Crippen LogP contribution in [-0.2, 0) is 17.8 Å². The van der Waals surface area contributed by atoms with Gasteiger partial charge in [-0.25, -0.2) is 0 Å². The van der Waals surface area contributed by atoms with E-state index >= 15 is 0 Å². The van der Waals surface area contributed by atoms with Crippen LogP contribution in [0.1, 0.15) is 30.9 Å². The number of aryl methyl sites for hydroxylation is 1. The molecular formula is C14H20N2O2. The van der Waals surface area contributed by atoms with Gasteiger partial charge in [0, 0.05) is 12.1 Å². The highest BCUT2D eigenvalue weighted by Gasteiger charge is 2.45. The van der Waals surface area contributed by atoms with E-state index in [1.807, 2.05) is 12.1 Å². The van der Waals surface area contributed by atoms with Crippen molar-refractivity contribution in [2.45, 2.75) is 38.3 Å². The van der Waals surface area contributed by atoms with Crippen LogP contribution in [0.3, 0.4) is 0 Å². The summed E-state index contributed by atoms with van der Waals surface area (Å²) >= 11 is 0. The van der Waals surface area contributed by atoms with Gasteiger partial charge in [-0.05, 0) is 30.9 Å². The van der Waals surface area contributed by atoms with Crippen LogP contribution in [0, 0.1) is 0 Å².